The Labute approximate surface area is 107 Å². The van der Waals surface area contributed by atoms with Crippen LogP contribution in [0.15, 0.2) is 18.2 Å². The first-order valence-corrected chi connectivity index (χ1v) is 6.11. The number of rotatable bonds is 5. The molecule has 2 N–H and O–H groups in total. The van der Waals surface area contributed by atoms with Gasteiger partial charge >= 0.3 is 0 Å². The number of hydrogen-bond acceptors (Lipinski definition) is 2. The summed E-state index contributed by atoms with van der Waals surface area (Å²) >= 11 is 0. The Hall–Kier alpha value is -1.42. The molecule has 0 spiro atoms. The SMILES string of the molecule is Cc1cc(C(O)CNC(=O)CC(C)C)ccc1F. The summed E-state index contributed by atoms with van der Waals surface area (Å²) in [6.07, 6.45) is -0.366. The minimum atomic E-state index is -0.805. The van der Waals surface area contributed by atoms with Crippen LogP contribution in [0.1, 0.15) is 37.5 Å². The van der Waals surface area contributed by atoms with E-state index < -0.39 is 6.10 Å². The maximum absolute atomic E-state index is 13.1. The van der Waals surface area contributed by atoms with Gasteiger partial charge in [0.1, 0.15) is 5.82 Å². The monoisotopic (exact) mass is 253 g/mol. The minimum Gasteiger partial charge on any atom is -0.387 e. The van der Waals surface area contributed by atoms with Crippen LogP contribution >= 0.6 is 0 Å². The van der Waals surface area contributed by atoms with Gasteiger partial charge in [-0.1, -0.05) is 26.0 Å². The van der Waals surface area contributed by atoms with Crippen molar-refractivity contribution in [2.24, 2.45) is 5.92 Å². The maximum Gasteiger partial charge on any atom is 0.220 e. The van der Waals surface area contributed by atoms with E-state index in [1.54, 1.807) is 13.0 Å². The van der Waals surface area contributed by atoms with Crippen LogP contribution in [-0.2, 0) is 4.79 Å². The van der Waals surface area contributed by atoms with Gasteiger partial charge in [0, 0.05) is 13.0 Å². The molecule has 1 rings (SSSR count). The minimum absolute atomic E-state index is 0.0807. The summed E-state index contributed by atoms with van der Waals surface area (Å²) in [5.41, 5.74) is 1.10. The van der Waals surface area contributed by atoms with Gasteiger partial charge in [0.15, 0.2) is 0 Å². The molecule has 1 amide bonds. The van der Waals surface area contributed by atoms with E-state index in [1.165, 1.54) is 12.1 Å². The van der Waals surface area contributed by atoms with Gasteiger partial charge in [-0.2, -0.15) is 0 Å². The molecule has 1 aromatic rings. The van der Waals surface area contributed by atoms with E-state index >= 15 is 0 Å². The van der Waals surface area contributed by atoms with E-state index in [4.69, 9.17) is 0 Å². The number of carbonyl (C=O) groups is 1. The number of aryl methyl sites for hydroxylation is 1. The smallest absolute Gasteiger partial charge is 0.220 e. The number of aliphatic hydroxyl groups is 1. The number of hydrogen-bond donors (Lipinski definition) is 2. The Balaban J connectivity index is 2.52. The van der Waals surface area contributed by atoms with Crippen LogP contribution in [0.5, 0.6) is 0 Å². The summed E-state index contributed by atoms with van der Waals surface area (Å²) in [6.45, 7) is 5.71. The Morgan fingerprint density at radius 2 is 2.11 bits per heavy atom. The van der Waals surface area contributed by atoms with Crippen molar-refractivity contribution in [3.8, 4) is 0 Å². The molecule has 0 bridgehead atoms. The number of aliphatic hydroxyl groups excluding tert-OH is 1. The molecule has 0 aliphatic rings. The molecule has 0 saturated heterocycles. The molecule has 1 atom stereocenters. The van der Waals surface area contributed by atoms with Gasteiger partial charge in [0.05, 0.1) is 6.10 Å². The second-order valence-electron chi connectivity index (χ2n) is 4.93. The molecule has 0 aliphatic carbocycles. The Morgan fingerprint density at radius 3 is 2.67 bits per heavy atom. The third-order valence-electron chi connectivity index (χ3n) is 2.65. The molecule has 3 nitrogen and oxygen atoms in total. The van der Waals surface area contributed by atoms with Crippen LogP contribution in [0.2, 0.25) is 0 Å². The molecular formula is C14H20FNO2. The zero-order valence-electron chi connectivity index (χ0n) is 11.0. The Morgan fingerprint density at radius 1 is 1.44 bits per heavy atom. The fraction of sp³-hybridized carbons (Fsp3) is 0.500. The van der Waals surface area contributed by atoms with Crippen molar-refractivity contribution in [2.75, 3.05) is 6.54 Å². The first kappa shape index (κ1) is 14.6. The molecule has 18 heavy (non-hydrogen) atoms. The van der Waals surface area contributed by atoms with Crippen molar-refractivity contribution >= 4 is 5.91 Å². The first-order chi connectivity index (χ1) is 8.40. The summed E-state index contributed by atoms with van der Waals surface area (Å²) in [7, 11) is 0. The third kappa shape index (κ3) is 4.45. The number of nitrogens with one attached hydrogen (secondary N) is 1. The van der Waals surface area contributed by atoms with Gasteiger partial charge in [0.25, 0.3) is 0 Å². The lowest BCUT2D eigenvalue weighted by atomic mass is 10.1. The Bertz CT molecular complexity index is 418. The van der Waals surface area contributed by atoms with Crippen molar-refractivity contribution in [1.82, 2.24) is 5.32 Å². The summed E-state index contributed by atoms with van der Waals surface area (Å²) < 4.78 is 13.1. The summed E-state index contributed by atoms with van der Waals surface area (Å²) in [4.78, 5) is 11.4. The lowest BCUT2D eigenvalue weighted by molar-refractivity contribution is -0.122. The normalized spacial score (nSPS) is 12.6. The molecule has 0 aliphatic heterocycles. The van der Waals surface area contributed by atoms with E-state index in [1.807, 2.05) is 13.8 Å². The third-order valence-corrected chi connectivity index (χ3v) is 2.65. The van der Waals surface area contributed by atoms with Crippen LogP contribution in [0, 0.1) is 18.7 Å². The topological polar surface area (TPSA) is 49.3 Å². The van der Waals surface area contributed by atoms with Crippen LogP contribution in [-0.4, -0.2) is 17.6 Å². The van der Waals surface area contributed by atoms with Crippen LogP contribution in [0.4, 0.5) is 4.39 Å². The molecule has 100 valence electrons. The van der Waals surface area contributed by atoms with Crippen molar-refractivity contribution < 1.29 is 14.3 Å². The fourth-order valence-electron chi connectivity index (χ4n) is 1.65. The fourth-order valence-corrected chi connectivity index (χ4v) is 1.65. The number of carbonyl (C=O) groups excluding carboxylic acids is 1. The molecule has 1 aromatic carbocycles. The maximum atomic E-state index is 13.1. The molecule has 4 heteroatoms. The van der Waals surface area contributed by atoms with Gasteiger partial charge in [0.2, 0.25) is 5.91 Å². The predicted octanol–water partition coefficient (Wildman–Crippen LogP) is 2.33. The lowest BCUT2D eigenvalue weighted by Gasteiger charge is -2.13. The van der Waals surface area contributed by atoms with Gasteiger partial charge in [-0.15, -0.1) is 0 Å². The van der Waals surface area contributed by atoms with Crippen molar-refractivity contribution in [3.63, 3.8) is 0 Å². The number of benzene rings is 1. The highest BCUT2D eigenvalue weighted by Gasteiger charge is 2.11. The van der Waals surface area contributed by atoms with Crippen molar-refractivity contribution in [1.29, 1.82) is 0 Å². The largest absolute Gasteiger partial charge is 0.387 e. The lowest BCUT2D eigenvalue weighted by Crippen LogP contribution is -2.29. The quantitative estimate of drug-likeness (QED) is 0.846. The van der Waals surface area contributed by atoms with E-state index in [2.05, 4.69) is 5.32 Å². The highest BCUT2D eigenvalue weighted by atomic mass is 19.1. The number of halogens is 1. The molecule has 0 heterocycles. The summed E-state index contributed by atoms with van der Waals surface area (Å²) in [5.74, 6) is -0.0899. The average Bonchev–Trinajstić information content (AvgIpc) is 2.28. The molecule has 0 aromatic heterocycles. The van der Waals surface area contributed by atoms with Gasteiger partial charge in [-0.25, -0.2) is 4.39 Å². The van der Waals surface area contributed by atoms with Crippen molar-refractivity contribution in [2.45, 2.75) is 33.3 Å². The van der Waals surface area contributed by atoms with E-state index in [0.29, 0.717) is 17.5 Å². The summed E-state index contributed by atoms with van der Waals surface area (Å²) in [6, 6.07) is 4.44. The van der Waals surface area contributed by atoms with Gasteiger partial charge < -0.3 is 10.4 Å². The standard InChI is InChI=1S/C14H20FNO2/c1-9(2)6-14(18)16-8-13(17)11-4-5-12(15)10(3)7-11/h4-5,7,9,13,17H,6,8H2,1-3H3,(H,16,18). The van der Waals surface area contributed by atoms with E-state index in [-0.39, 0.29) is 24.2 Å². The van der Waals surface area contributed by atoms with Gasteiger partial charge in [-0.05, 0) is 30.0 Å². The zero-order chi connectivity index (χ0) is 13.7. The Kier molecular flexibility index (Phi) is 5.28. The van der Waals surface area contributed by atoms with Crippen LogP contribution < -0.4 is 5.32 Å². The number of amides is 1. The van der Waals surface area contributed by atoms with E-state index in [0.717, 1.165) is 0 Å². The van der Waals surface area contributed by atoms with Crippen LogP contribution in [0.3, 0.4) is 0 Å². The van der Waals surface area contributed by atoms with Gasteiger partial charge in [-0.3, -0.25) is 4.79 Å². The second-order valence-corrected chi connectivity index (χ2v) is 4.93. The molecule has 0 fully saturated rings. The van der Waals surface area contributed by atoms with Crippen LogP contribution in [0.25, 0.3) is 0 Å². The molecule has 0 radical (unpaired) electrons. The molecular weight excluding hydrogens is 233 g/mol. The zero-order valence-corrected chi connectivity index (χ0v) is 11.0. The molecule has 1 unspecified atom stereocenters. The van der Waals surface area contributed by atoms with E-state index in [9.17, 15) is 14.3 Å². The predicted molar refractivity (Wildman–Crippen MR) is 68.6 cm³/mol. The average molecular weight is 253 g/mol. The van der Waals surface area contributed by atoms with Crippen molar-refractivity contribution in [3.05, 3.63) is 35.1 Å². The highest BCUT2D eigenvalue weighted by Crippen LogP contribution is 2.16. The first-order valence-electron chi connectivity index (χ1n) is 6.11. The molecule has 0 saturated carbocycles. The summed E-state index contributed by atoms with van der Waals surface area (Å²) in [5, 5.41) is 12.5. The highest BCUT2D eigenvalue weighted by molar-refractivity contribution is 5.76. The second kappa shape index (κ2) is 6.50.